The van der Waals surface area contributed by atoms with Crippen LogP contribution < -0.4 is 0 Å². The standard InChI is InChI=1S/C42H26O/c1-2-12-29(13-3-1)39-33-15-6-8-17-35(33)40(36-18-9-7-16-34(36)39)30-23-21-28(22-24-30)31-19-10-20-38-41(31)37-26-25-27-11-4-5-14-32(27)42(37)43-38/h1-26H/i4D,5D,11D,14D,25D,26D. The van der Waals surface area contributed by atoms with Crippen LogP contribution in [0.3, 0.4) is 0 Å². The third kappa shape index (κ3) is 3.65. The van der Waals surface area contributed by atoms with Crippen LogP contribution in [0.15, 0.2) is 162 Å². The van der Waals surface area contributed by atoms with Gasteiger partial charge in [0.1, 0.15) is 11.2 Å². The first-order valence-corrected chi connectivity index (χ1v) is 14.3. The van der Waals surface area contributed by atoms with E-state index in [9.17, 15) is 0 Å². The molecule has 8 aromatic carbocycles. The van der Waals surface area contributed by atoms with Crippen LogP contribution in [0.2, 0.25) is 0 Å². The third-order valence-corrected chi connectivity index (χ3v) is 8.42. The zero-order valence-electron chi connectivity index (χ0n) is 29.0. The molecule has 0 unspecified atom stereocenters. The van der Waals surface area contributed by atoms with Gasteiger partial charge < -0.3 is 4.42 Å². The molecule has 0 bridgehead atoms. The summed E-state index contributed by atoms with van der Waals surface area (Å²) in [6.07, 6.45) is 0. The van der Waals surface area contributed by atoms with Crippen molar-refractivity contribution >= 4 is 54.3 Å². The Hall–Kier alpha value is -5.66. The molecule has 9 aromatic rings. The highest BCUT2D eigenvalue weighted by Gasteiger charge is 2.18. The minimum absolute atomic E-state index is 0.00815. The van der Waals surface area contributed by atoms with Crippen LogP contribution in [0.25, 0.3) is 87.6 Å². The molecule has 0 spiro atoms. The van der Waals surface area contributed by atoms with E-state index in [0.29, 0.717) is 16.4 Å². The molecular weight excluding hydrogens is 520 g/mol. The lowest BCUT2D eigenvalue weighted by molar-refractivity contribution is 0.673. The molecular formula is C42H26O. The maximum Gasteiger partial charge on any atom is 0.143 e. The van der Waals surface area contributed by atoms with E-state index in [0.717, 1.165) is 33.0 Å². The van der Waals surface area contributed by atoms with Gasteiger partial charge >= 0.3 is 0 Å². The topological polar surface area (TPSA) is 13.1 Å². The summed E-state index contributed by atoms with van der Waals surface area (Å²) in [5.74, 6) is 0. The van der Waals surface area contributed by atoms with Gasteiger partial charge in [0.25, 0.3) is 0 Å². The van der Waals surface area contributed by atoms with E-state index in [1.54, 1.807) is 6.07 Å². The van der Waals surface area contributed by atoms with Crippen LogP contribution in [-0.2, 0) is 0 Å². The zero-order chi connectivity index (χ0) is 33.6. The van der Waals surface area contributed by atoms with Crippen molar-refractivity contribution in [3.63, 3.8) is 0 Å². The van der Waals surface area contributed by atoms with E-state index < -0.39 is 12.1 Å². The lowest BCUT2D eigenvalue weighted by Gasteiger charge is -2.18. The molecule has 43 heavy (non-hydrogen) atoms. The Morgan fingerprint density at radius 1 is 0.419 bits per heavy atom. The molecule has 1 nitrogen and oxygen atoms in total. The van der Waals surface area contributed by atoms with Gasteiger partial charge in [0.05, 0.1) is 8.22 Å². The van der Waals surface area contributed by atoms with Crippen LogP contribution in [0.1, 0.15) is 8.22 Å². The Bertz CT molecular complexity index is 2760. The zero-order valence-corrected chi connectivity index (χ0v) is 23.0. The maximum atomic E-state index is 9.00. The van der Waals surface area contributed by atoms with Crippen molar-refractivity contribution in [2.24, 2.45) is 0 Å². The highest BCUT2D eigenvalue weighted by atomic mass is 16.3. The Morgan fingerprint density at radius 2 is 1.00 bits per heavy atom. The maximum absolute atomic E-state index is 9.00. The van der Waals surface area contributed by atoms with E-state index in [1.165, 1.54) is 21.9 Å². The first kappa shape index (κ1) is 18.7. The molecule has 0 radical (unpaired) electrons. The second-order valence-electron chi connectivity index (χ2n) is 10.8. The Morgan fingerprint density at radius 3 is 1.67 bits per heavy atom. The second-order valence-corrected chi connectivity index (χ2v) is 10.8. The van der Waals surface area contributed by atoms with Gasteiger partial charge in [0.15, 0.2) is 0 Å². The first-order valence-electron chi connectivity index (χ1n) is 17.3. The van der Waals surface area contributed by atoms with E-state index in [2.05, 4.69) is 97.1 Å². The molecule has 200 valence electrons. The summed E-state index contributed by atoms with van der Waals surface area (Å²) < 4.78 is 57.6. The summed E-state index contributed by atoms with van der Waals surface area (Å²) in [6, 6.07) is 39.7. The smallest absolute Gasteiger partial charge is 0.143 e. The Balaban J connectivity index is 1.28. The van der Waals surface area contributed by atoms with Crippen molar-refractivity contribution in [1.29, 1.82) is 0 Å². The average Bonchev–Trinajstić information content (AvgIpc) is 3.54. The van der Waals surface area contributed by atoms with E-state index in [1.807, 2.05) is 18.2 Å². The number of hydrogen-bond acceptors (Lipinski definition) is 1. The molecule has 0 amide bonds. The van der Waals surface area contributed by atoms with Crippen LogP contribution in [0, 0.1) is 0 Å². The van der Waals surface area contributed by atoms with Crippen molar-refractivity contribution < 1.29 is 12.6 Å². The van der Waals surface area contributed by atoms with Crippen molar-refractivity contribution in [1.82, 2.24) is 0 Å². The lowest BCUT2D eigenvalue weighted by atomic mass is 9.85. The number of hydrogen-bond donors (Lipinski definition) is 0. The summed E-state index contributed by atoms with van der Waals surface area (Å²) in [6.45, 7) is 0. The molecule has 0 saturated heterocycles. The van der Waals surface area contributed by atoms with E-state index in [4.69, 9.17) is 12.6 Å². The van der Waals surface area contributed by atoms with Gasteiger partial charge in [-0.1, -0.05) is 145 Å². The first-order chi connectivity index (χ1) is 23.8. The normalized spacial score (nSPS) is 13.7. The summed E-state index contributed by atoms with van der Waals surface area (Å²) >= 11 is 0. The highest BCUT2D eigenvalue weighted by molar-refractivity contribution is 6.22. The largest absolute Gasteiger partial charge is 0.455 e. The average molecular weight is 553 g/mol. The summed E-state index contributed by atoms with van der Waals surface area (Å²) in [4.78, 5) is 0. The van der Waals surface area contributed by atoms with Gasteiger partial charge in [-0.2, -0.15) is 0 Å². The molecule has 1 heterocycles. The lowest BCUT2D eigenvalue weighted by Crippen LogP contribution is -1.90. The fourth-order valence-corrected chi connectivity index (χ4v) is 6.56. The van der Waals surface area contributed by atoms with Crippen molar-refractivity contribution in [3.05, 3.63) is 158 Å². The number of fused-ring (bicyclic) bond motifs is 7. The fraction of sp³-hybridized carbons (Fsp3) is 0. The van der Waals surface area contributed by atoms with Gasteiger partial charge in [-0.25, -0.2) is 0 Å². The molecule has 0 aliphatic rings. The van der Waals surface area contributed by atoms with Crippen LogP contribution >= 0.6 is 0 Å². The molecule has 0 aliphatic heterocycles. The minimum atomic E-state index is -0.433. The Labute approximate surface area is 257 Å². The minimum Gasteiger partial charge on any atom is -0.455 e. The number of furan rings is 1. The summed E-state index contributed by atoms with van der Waals surface area (Å²) in [7, 11) is 0. The van der Waals surface area contributed by atoms with E-state index >= 15 is 0 Å². The summed E-state index contributed by atoms with van der Waals surface area (Å²) in [5.41, 5.74) is 6.98. The third-order valence-electron chi connectivity index (χ3n) is 8.42. The molecule has 0 saturated carbocycles. The number of rotatable bonds is 3. The highest BCUT2D eigenvalue weighted by Crippen LogP contribution is 2.44. The predicted molar refractivity (Wildman–Crippen MR) is 183 cm³/mol. The fourth-order valence-electron chi connectivity index (χ4n) is 6.56. The van der Waals surface area contributed by atoms with Crippen LogP contribution in [0.5, 0.6) is 0 Å². The van der Waals surface area contributed by atoms with Gasteiger partial charge in [-0.05, 0) is 72.4 Å². The van der Waals surface area contributed by atoms with Gasteiger partial charge in [0, 0.05) is 16.2 Å². The Kier molecular flexibility index (Phi) is 4.11. The van der Waals surface area contributed by atoms with Gasteiger partial charge in [0.2, 0.25) is 0 Å². The number of benzene rings is 8. The SMILES string of the molecule is [2H]c1c([2H])c([2H])c2c(c1[2H])c([2H])c([2H])c1c2oc2cccc(-c3ccc(-c4c5ccccc5c(-c5ccccc5)c5ccccc45)cc3)c21. The van der Waals surface area contributed by atoms with Crippen molar-refractivity contribution in [2.45, 2.75) is 0 Å². The molecule has 0 fully saturated rings. The van der Waals surface area contributed by atoms with Crippen LogP contribution in [-0.4, -0.2) is 0 Å². The molecule has 1 aromatic heterocycles. The van der Waals surface area contributed by atoms with Crippen molar-refractivity contribution in [2.75, 3.05) is 0 Å². The van der Waals surface area contributed by atoms with Gasteiger partial charge in [-0.15, -0.1) is 0 Å². The summed E-state index contributed by atoms with van der Waals surface area (Å²) in [5, 5.41) is 5.80. The monoisotopic (exact) mass is 552 g/mol. The van der Waals surface area contributed by atoms with Crippen LogP contribution in [0.4, 0.5) is 0 Å². The quantitative estimate of drug-likeness (QED) is 0.199. The van der Waals surface area contributed by atoms with E-state index in [-0.39, 0.29) is 40.5 Å². The molecule has 0 atom stereocenters. The molecule has 9 rings (SSSR count). The second kappa shape index (κ2) is 9.44. The molecule has 0 N–H and O–H groups in total. The molecule has 0 aliphatic carbocycles. The van der Waals surface area contributed by atoms with Gasteiger partial charge in [-0.3, -0.25) is 0 Å². The van der Waals surface area contributed by atoms with Crippen molar-refractivity contribution in [3.8, 4) is 33.4 Å². The molecule has 1 heteroatoms. The predicted octanol–water partition coefficient (Wildman–Crippen LogP) is 12.0.